The van der Waals surface area contributed by atoms with E-state index in [4.69, 9.17) is 10.2 Å². The van der Waals surface area contributed by atoms with Crippen molar-refractivity contribution in [3.8, 4) is 17.3 Å². The van der Waals surface area contributed by atoms with E-state index >= 15 is 0 Å². The number of hydrogen-bond acceptors (Lipinski definition) is 4. The molecule has 0 spiro atoms. The van der Waals surface area contributed by atoms with Crippen molar-refractivity contribution in [1.29, 1.82) is 5.26 Å². The van der Waals surface area contributed by atoms with Gasteiger partial charge in [0.15, 0.2) is 0 Å². The number of fused-ring (bicyclic) bond motifs is 1. The van der Waals surface area contributed by atoms with Gasteiger partial charge in [-0.05, 0) is 42.8 Å². The highest BCUT2D eigenvalue weighted by atomic mass is 15.2. The van der Waals surface area contributed by atoms with Gasteiger partial charge in [-0.3, -0.25) is 4.90 Å². The van der Waals surface area contributed by atoms with Crippen LogP contribution in [0.3, 0.4) is 0 Å². The minimum Gasteiger partial charge on any atom is -0.370 e. The Morgan fingerprint density at radius 3 is 2.45 bits per heavy atom. The molecule has 0 saturated carbocycles. The highest BCUT2D eigenvalue weighted by Crippen LogP contribution is 2.26. The average Bonchev–Trinajstić information content (AvgIpc) is 3.02. The van der Waals surface area contributed by atoms with Crippen molar-refractivity contribution in [3.05, 3.63) is 90.3 Å². The molecule has 0 amide bonds. The van der Waals surface area contributed by atoms with Crippen LogP contribution in [0, 0.1) is 11.3 Å². The summed E-state index contributed by atoms with van der Waals surface area (Å²) in [5, 5.41) is 9.04. The lowest BCUT2D eigenvalue weighted by Crippen LogP contribution is -2.30. The molecular weight excluding hydrogens is 382 g/mol. The number of nitrogens with zero attached hydrogens (tertiary/aromatic N) is 5. The Morgan fingerprint density at radius 2 is 1.65 bits per heavy atom. The molecular formula is C26H25N5. The third-order valence-electron chi connectivity index (χ3n) is 6.00. The number of aromatic nitrogens is 2. The molecule has 5 heteroatoms. The zero-order valence-corrected chi connectivity index (χ0v) is 17.5. The second kappa shape index (κ2) is 8.63. The molecule has 1 aliphatic rings. The molecule has 5 nitrogen and oxygen atoms in total. The summed E-state index contributed by atoms with van der Waals surface area (Å²) in [6.45, 7) is 4.93. The quantitative estimate of drug-likeness (QED) is 0.497. The van der Waals surface area contributed by atoms with Gasteiger partial charge >= 0.3 is 0 Å². The van der Waals surface area contributed by atoms with Crippen molar-refractivity contribution in [2.75, 3.05) is 31.1 Å². The van der Waals surface area contributed by atoms with Crippen LogP contribution in [0.5, 0.6) is 0 Å². The first-order valence-electron chi connectivity index (χ1n) is 10.8. The Labute approximate surface area is 182 Å². The number of pyridine rings is 1. The molecule has 0 atom stereocenters. The van der Waals surface area contributed by atoms with Crippen molar-refractivity contribution in [2.45, 2.75) is 13.0 Å². The molecule has 1 fully saturated rings. The minimum absolute atomic E-state index is 0.709. The van der Waals surface area contributed by atoms with E-state index in [1.807, 2.05) is 24.3 Å². The lowest BCUT2D eigenvalue weighted by Gasteiger charge is -2.24. The predicted molar refractivity (Wildman–Crippen MR) is 124 cm³/mol. The molecule has 0 unspecified atom stereocenters. The first-order valence-corrected chi connectivity index (χ1v) is 10.8. The smallest absolute Gasteiger partial charge is 0.137 e. The van der Waals surface area contributed by atoms with Crippen LogP contribution in [0.1, 0.15) is 17.7 Å². The predicted octanol–water partition coefficient (Wildman–Crippen LogP) is 4.59. The second-order valence-electron chi connectivity index (χ2n) is 7.98. The lowest BCUT2D eigenvalue weighted by atomic mass is 10.1. The van der Waals surface area contributed by atoms with E-state index in [1.165, 1.54) is 11.4 Å². The molecule has 2 aromatic heterocycles. The summed E-state index contributed by atoms with van der Waals surface area (Å²) in [4.78, 5) is 9.91. The minimum atomic E-state index is 0.709. The van der Waals surface area contributed by atoms with Gasteiger partial charge < -0.3 is 9.30 Å². The van der Waals surface area contributed by atoms with Gasteiger partial charge in [0.2, 0.25) is 0 Å². The Kier molecular flexibility index (Phi) is 5.39. The SMILES string of the molecule is N#Cc1ccc(N2CCCN(Cc3c(-c4ccccc4)nc4ccccn34)CC2)cc1. The van der Waals surface area contributed by atoms with Crippen molar-refractivity contribution in [1.82, 2.24) is 14.3 Å². The van der Waals surface area contributed by atoms with Crippen molar-refractivity contribution < 1.29 is 0 Å². The van der Waals surface area contributed by atoms with Gasteiger partial charge in [-0.2, -0.15) is 5.26 Å². The van der Waals surface area contributed by atoms with Gasteiger partial charge in [0.25, 0.3) is 0 Å². The molecule has 2 aromatic carbocycles. The maximum Gasteiger partial charge on any atom is 0.137 e. The van der Waals surface area contributed by atoms with E-state index in [0.29, 0.717) is 5.56 Å². The summed E-state index contributed by atoms with van der Waals surface area (Å²) >= 11 is 0. The molecule has 1 saturated heterocycles. The van der Waals surface area contributed by atoms with Gasteiger partial charge in [0.1, 0.15) is 5.65 Å². The van der Waals surface area contributed by atoms with E-state index < -0.39 is 0 Å². The maximum atomic E-state index is 9.04. The van der Waals surface area contributed by atoms with Crippen LogP contribution in [-0.4, -0.2) is 40.5 Å². The van der Waals surface area contributed by atoms with Crippen molar-refractivity contribution in [3.63, 3.8) is 0 Å². The first kappa shape index (κ1) is 19.3. The maximum absolute atomic E-state index is 9.04. The third kappa shape index (κ3) is 4.03. The fraction of sp³-hybridized carbons (Fsp3) is 0.231. The van der Waals surface area contributed by atoms with Gasteiger partial charge in [-0.1, -0.05) is 36.4 Å². The Bertz CT molecular complexity index is 1200. The van der Waals surface area contributed by atoms with Crippen LogP contribution < -0.4 is 4.90 Å². The highest BCUT2D eigenvalue weighted by molar-refractivity contribution is 5.66. The molecule has 3 heterocycles. The van der Waals surface area contributed by atoms with E-state index in [-0.39, 0.29) is 0 Å². The molecule has 4 aromatic rings. The largest absolute Gasteiger partial charge is 0.370 e. The Morgan fingerprint density at radius 1 is 0.839 bits per heavy atom. The molecule has 0 N–H and O–H groups in total. The van der Waals surface area contributed by atoms with Crippen LogP contribution in [0.2, 0.25) is 0 Å². The topological polar surface area (TPSA) is 47.6 Å². The van der Waals surface area contributed by atoms with Gasteiger partial charge in [0.05, 0.1) is 23.0 Å². The van der Waals surface area contributed by atoms with Crippen LogP contribution in [-0.2, 0) is 6.54 Å². The molecule has 0 aliphatic carbocycles. The summed E-state index contributed by atoms with van der Waals surface area (Å²) in [5.74, 6) is 0. The number of imidazole rings is 1. The molecule has 5 rings (SSSR count). The van der Waals surface area contributed by atoms with E-state index in [2.05, 4.69) is 75.0 Å². The highest BCUT2D eigenvalue weighted by Gasteiger charge is 2.20. The summed E-state index contributed by atoms with van der Waals surface area (Å²) in [7, 11) is 0. The zero-order valence-electron chi connectivity index (χ0n) is 17.5. The van der Waals surface area contributed by atoms with Crippen LogP contribution in [0.4, 0.5) is 5.69 Å². The number of rotatable bonds is 4. The van der Waals surface area contributed by atoms with Gasteiger partial charge in [-0.15, -0.1) is 0 Å². The monoisotopic (exact) mass is 407 g/mol. The summed E-state index contributed by atoms with van der Waals surface area (Å²) in [5.41, 5.74) is 6.37. The molecule has 31 heavy (non-hydrogen) atoms. The molecule has 154 valence electrons. The average molecular weight is 408 g/mol. The summed E-state index contributed by atoms with van der Waals surface area (Å²) in [6.07, 6.45) is 3.22. The first-order chi connectivity index (χ1) is 15.3. The molecule has 1 aliphatic heterocycles. The third-order valence-corrected chi connectivity index (χ3v) is 6.00. The normalized spacial score (nSPS) is 15.0. The van der Waals surface area contributed by atoms with Crippen molar-refractivity contribution in [2.24, 2.45) is 0 Å². The van der Waals surface area contributed by atoms with Crippen LogP contribution >= 0.6 is 0 Å². The fourth-order valence-electron chi connectivity index (χ4n) is 4.37. The number of nitriles is 1. The van der Waals surface area contributed by atoms with Crippen molar-refractivity contribution >= 4 is 11.3 Å². The number of hydrogen-bond donors (Lipinski definition) is 0. The summed E-state index contributed by atoms with van der Waals surface area (Å²) < 4.78 is 2.23. The van der Waals surface area contributed by atoms with Crippen LogP contribution in [0.25, 0.3) is 16.9 Å². The Balaban J connectivity index is 1.38. The molecule has 0 radical (unpaired) electrons. The van der Waals surface area contributed by atoms with E-state index in [1.54, 1.807) is 0 Å². The van der Waals surface area contributed by atoms with Gasteiger partial charge in [0, 0.05) is 50.2 Å². The lowest BCUT2D eigenvalue weighted by molar-refractivity contribution is 0.282. The van der Waals surface area contributed by atoms with Crippen LogP contribution in [0.15, 0.2) is 79.0 Å². The van der Waals surface area contributed by atoms with E-state index in [0.717, 1.165) is 56.0 Å². The summed E-state index contributed by atoms with van der Waals surface area (Å²) in [6, 6.07) is 26.8. The number of anilines is 1. The second-order valence-corrected chi connectivity index (χ2v) is 7.98. The fourth-order valence-corrected chi connectivity index (χ4v) is 4.37. The zero-order chi connectivity index (χ0) is 21.0. The molecule has 0 bridgehead atoms. The van der Waals surface area contributed by atoms with Gasteiger partial charge in [-0.25, -0.2) is 4.98 Å². The number of benzene rings is 2. The Hall–Kier alpha value is -3.62. The standard InChI is InChI=1S/C26H25N5/c27-19-21-10-12-23(13-11-21)30-15-6-14-29(17-18-30)20-24-26(22-7-2-1-3-8-22)28-25-9-4-5-16-31(24)25/h1-5,7-13,16H,6,14-15,17-18,20H2. The van der Waals surface area contributed by atoms with E-state index in [9.17, 15) is 0 Å².